The lowest BCUT2D eigenvalue weighted by Gasteiger charge is -2.36. The molecule has 1 aliphatic rings. The van der Waals surface area contributed by atoms with E-state index in [1.165, 1.54) is 0 Å². The van der Waals surface area contributed by atoms with Crippen molar-refractivity contribution in [3.05, 3.63) is 0 Å². The first-order chi connectivity index (χ1) is 8.91. The van der Waals surface area contributed by atoms with Crippen LogP contribution in [0.4, 0.5) is 0 Å². The summed E-state index contributed by atoms with van der Waals surface area (Å²) in [6.07, 6.45) is 2.22. The number of piperazine rings is 1. The molecule has 0 aliphatic carbocycles. The van der Waals surface area contributed by atoms with Crippen LogP contribution >= 0.6 is 0 Å². The summed E-state index contributed by atoms with van der Waals surface area (Å²) in [4.78, 5) is 26.5. The van der Waals surface area contributed by atoms with Crippen molar-refractivity contribution in [2.75, 3.05) is 26.2 Å². The minimum Gasteiger partial charge on any atom is -0.480 e. The summed E-state index contributed by atoms with van der Waals surface area (Å²) in [5.41, 5.74) is 5.65. The van der Waals surface area contributed by atoms with E-state index in [1.54, 1.807) is 6.92 Å². The van der Waals surface area contributed by atoms with Crippen LogP contribution in [-0.2, 0) is 9.59 Å². The Balaban J connectivity index is 2.29. The van der Waals surface area contributed by atoms with E-state index < -0.39 is 12.0 Å². The molecule has 1 fully saturated rings. The van der Waals surface area contributed by atoms with Gasteiger partial charge in [0.15, 0.2) is 0 Å². The van der Waals surface area contributed by atoms with Gasteiger partial charge < -0.3 is 15.7 Å². The first-order valence-corrected chi connectivity index (χ1v) is 6.92. The molecule has 0 bridgehead atoms. The van der Waals surface area contributed by atoms with Crippen molar-refractivity contribution in [1.82, 2.24) is 9.80 Å². The van der Waals surface area contributed by atoms with Gasteiger partial charge in [-0.25, -0.2) is 0 Å². The summed E-state index contributed by atoms with van der Waals surface area (Å²) in [7, 11) is 0. The second-order valence-corrected chi connectivity index (χ2v) is 5.30. The molecule has 1 amide bonds. The van der Waals surface area contributed by atoms with E-state index in [4.69, 9.17) is 10.8 Å². The smallest absolute Gasteiger partial charge is 0.320 e. The Morgan fingerprint density at radius 1 is 1.21 bits per heavy atom. The van der Waals surface area contributed by atoms with Crippen LogP contribution in [-0.4, -0.2) is 65.0 Å². The van der Waals surface area contributed by atoms with Crippen LogP contribution in [0.5, 0.6) is 0 Å². The van der Waals surface area contributed by atoms with Crippen LogP contribution < -0.4 is 5.73 Å². The van der Waals surface area contributed by atoms with Gasteiger partial charge in [0.05, 0.1) is 0 Å². The first kappa shape index (κ1) is 15.9. The lowest BCUT2D eigenvalue weighted by atomic mass is 10.1. The average molecular weight is 271 g/mol. The van der Waals surface area contributed by atoms with Crippen molar-refractivity contribution in [1.29, 1.82) is 0 Å². The molecule has 2 unspecified atom stereocenters. The highest BCUT2D eigenvalue weighted by Gasteiger charge is 2.26. The third-order valence-corrected chi connectivity index (χ3v) is 3.62. The highest BCUT2D eigenvalue weighted by atomic mass is 16.4. The number of nitrogens with two attached hydrogens (primary N) is 1. The van der Waals surface area contributed by atoms with Gasteiger partial charge in [-0.2, -0.15) is 0 Å². The van der Waals surface area contributed by atoms with Crippen molar-refractivity contribution < 1.29 is 14.7 Å². The zero-order valence-electron chi connectivity index (χ0n) is 11.8. The zero-order chi connectivity index (χ0) is 14.4. The molecule has 0 spiro atoms. The Morgan fingerprint density at radius 3 is 2.26 bits per heavy atom. The van der Waals surface area contributed by atoms with Crippen LogP contribution in [0.25, 0.3) is 0 Å². The Kier molecular flexibility index (Phi) is 6.24. The third-order valence-electron chi connectivity index (χ3n) is 3.62. The number of aliphatic carboxylic acids is 1. The van der Waals surface area contributed by atoms with Gasteiger partial charge in [0.25, 0.3) is 0 Å². The van der Waals surface area contributed by atoms with Gasteiger partial charge in [0.2, 0.25) is 5.91 Å². The van der Waals surface area contributed by atoms with Crippen LogP contribution in [0.2, 0.25) is 0 Å². The number of hydrogen-bond donors (Lipinski definition) is 2. The van der Waals surface area contributed by atoms with E-state index in [0.29, 0.717) is 32.6 Å². The van der Waals surface area contributed by atoms with Crippen LogP contribution in [0, 0.1) is 0 Å². The largest absolute Gasteiger partial charge is 0.480 e. The average Bonchev–Trinajstić information content (AvgIpc) is 2.37. The summed E-state index contributed by atoms with van der Waals surface area (Å²) in [6.45, 7) is 6.13. The summed E-state index contributed by atoms with van der Waals surface area (Å²) in [6, 6.07) is -0.337. The standard InChI is InChI=1S/C13H25N3O3/c1-10(14)4-3-5-12(17)16-8-6-15(7-9-16)11(2)13(18)19/h10-11H,3-9,14H2,1-2H3,(H,18,19). The second kappa shape index (κ2) is 7.45. The zero-order valence-corrected chi connectivity index (χ0v) is 11.8. The minimum atomic E-state index is -0.809. The van der Waals surface area contributed by atoms with Gasteiger partial charge in [-0.1, -0.05) is 0 Å². The minimum absolute atomic E-state index is 0.140. The summed E-state index contributed by atoms with van der Waals surface area (Å²) in [5, 5.41) is 8.94. The molecular formula is C13H25N3O3. The van der Waals surface area contributed by atoms with E-state index in [0.717, 1.165) is 12.8 Å². The van der Waals surface area contributed by atoms with Gasteiger partial charge in [-0.05, 0) is 26.7 Å². The van der Waals surface area contributed by atoms with Crippen molar-refractivity contribution in [2.24, 2.45) is 5.73 Å². The maximum atomic E-state index is 11.9. The van der Waals surface area contributed by atoms with Gasteiger partial charge in [-0.15, -0.1) is 0 Å². The highest BCUT2D eigenvalue weighted by Crippen LogP contribution is 2.09. The fourth-order valence-electron chi connectivity index (χ4n) is 2.25. The van der Waals surface area contributed by atoms with E-state index in [2.05, 4.69) is 0 Å². The number of nitrogens with zero attached hydrogens (tertiary/aromatic N) is 2. The number of hydrogen-bond acceptors (Lipinski definition) is 4. The fourth-order valence-corrected chi connectivity index (χ4v) is 2.25. The predicted octanol–water partition coefficient (Wildman–Crippen LogP) is 0.121. The Bertz CT molecular complexity index is 312. The lowest BCUT2D eigenvalue weighted by Crippen LogP contribution is -2.53. The molecule has 6 nitrogen and oxygen atoms in total. The number of rotatable bonds is 6. The molecule has 110 valence electrons. The number of amides is 1. The fraction of sp³-hybridized carbons (Fsp3) is 0.846. The molecule has 0 aromatic rings. The van der Waals surface area contributed by atoms with E-state index >= 15 is 0 Å². The Labute approximate surface area is 114 Å². The monoisotopic (exact) mass is 271 g/mol. The normalized spacial score (nSPS) is 20.1. The SMILES string of the molecule is CC(N)CCCC(=O)N1CCN(C(C)C(=O)O)CC1. The molecule has 0 radical (unpaired) electrons. The molecule has 19 heavy (non-hydrogen) atoms. The molecule has 0 saturated carbocycles. The maximum Gasteiger partial charge on any atom is 0.320 e. The number of carboxylic acid groups (broad SMARTS) is 1. The Hall–Kier alpha value is -1.14. The molecule has 6 heteroatoms. The molecule has 3 N–H and O–H groups in total. The molecule has 1 rings (SSSR count). The van der Waals surface area contributed by atoms with E-state index in [1.807, 2.05) is 16.7 Å². The first-order valence-electron chi connectivity index (χ1n) is 6.92. The van der Waals surface area contributed by atoms with Crippen molar-refractivity contribution in [3.8, 4) is 0 Å². The second-order valence-electron chi connectivity index (χ2n) is 5.30. The van der Waals surface area contributed by atoms with Crippen LogP contribution in [0.15, 0.2) is 0 Å². The highest BCUT2D eigenvalue weighted by molar-refractivity contribution is 5.76. The van der Waals surface area contributed by atoms with Crippen LogP contribution in [0.3, 0.4) is 0 Å². The lowest BCUT2D eigenvalue weighted by molar-refractivity contribution is -0.144. The number of carboxylic acids is 1. The van der Waals surface area contributed by atoms with Gasteiger partial charge in [-0.3, -0.25) is 14.5 Å². The predicted molar refractivity (Wildman–Crippen MR) is 72.8 cm³/mol. The molecule has 2 atom stereocenters. The topological polar surface area (TPSA) is 86.9 Å². The molecule has 1 saturated heterocycles. The number of carbonyl (C=O) groups excluding carboxylic acids is 1. The van der Waals surface area contributed by atoms with Gasteiger partial charge in [0, 0.05) is 38.6 Å². The quantitative estimate of drug-likeness (QED) is 0.716. The maximum absolute atomic E-state index is 11.9. The molecule has 1 aliphatic heterocycles. The van der Waals surface area contributed by atoms with Crippen molar-refractivity contribution in [2.45, 2.75) is 45.2 Å². The van der Waals surface area contributed by atoms with E-state index in [9.17, 15) is 9.59 Å². The van der Waals surface area contributed by atoms with Crippen LogP contribution in [0.1, 0.15) is 33.1 Å². The molecular weight excluding hydrogens is 246 g/mol. The van der Waals surface area contributed by atoms with E-state index in [-0.39, 0.29) is 11.9 Å². The Morgan fingerprint density at radius 2 is 1.79 bits per heavy atom. The summed E-state index contributed by atoms with van der Waals surface area (Å²) < 4.78 is 0. The van der Waals surface area contributed by atoms with Crippen molar-refractivity contribution >= 4 is 11.9 Å². The molecule has 0 aromatic heterocycles. The summed E-state index contributed by atoms with van der Waals surface area (Å²) in [5.74, 6) is -0.653. The molecule has 1 heterocycles. The number of carbonyl (C=O) groups is 2. The van der Waals surface area contributed by atoms with Gasteiger partial charge >= 0.3 is 5.97 Å². The van der Waals surface area contributed by atoms with Crippen molar-refractivity contribution in [3.63, 3.8) is 0 Å². The van der Waals surface area contributed by atoms with Gasteiger partial charge in [0.1, 0.15) is 6.04 Å². The third kappa shape index (κ3) is 5.16. The molecule has 0 aromatic carbocycles. The summed E-state index contributed by atoms with van der Waals surface area (Å²) >= 11 is 0.